The summed E-state index contributed by atoms with van der Waals surface area (Å²) in [4.78, 5) is 14.3. The third kappa shape index (κ3) is 2.28. The van der Waals surface area contributed by atoms with Crippen LogP contribution in [0.4, 0.5) is 0 Å². The first-order valence-corrected chi connectivity index (χ1v) is 6.20. The van der Waals surface area contributed by atoms with Gasteiger partial charge < -0.3 is 19.3 Å². The highest BCUT2D eigenvalue weighted by Crippen LogP contribution is 2.16. The van der Waals surface area contributed by atoms with Gasteiger partial charge in [0.25, 0.3) is 5.91 Å². The van der Waals surface area contributed by atoms with E-state index in [1.807, 2.05) is 37.6 Å². The average Bonchev–Trinajstić information content (AvgIpc) is 2.70. The molecule has 5 heteroatoms. The molecule has 1 N–H and O–H groups in total. The number of carbonyl (C=O) groups is 1. The first-order chi connectivity index (χ1) is 8.54. The number of morpholine rings is 1. The van der Waals surface area contributed by atoms with E-state index in [4.69, 9.17) is 9.84 Å². The Bertz CT molecular complexity index is 441. The van der Waals surface area contributed by atoms with Crippen LogP contribution >= 0.6 is 0 Å². The molecule has 2 atom stereocenters. The molecule has 2 rings (SSSR count). The summed E-state index contributed by atoms with van der Waals surface area (Å²) in [6, 6.07) is 3.81. The zero-order valence-corrected chi connectivity index (χ0v) is 11.1. The van der Waals surface area contributed by atoms with Crippen LogP contribution in [0.5, 0.6) is 0 Å². The van der Waals surface area contributed by atoms with Crippen LogP contribution in [0, 0.1) is 6.92 Å². The van der Waals surface area contributed by atoms with Crippen molar-refractivity contribution < 1.29 is 14.6 Å². The number of rotatable bonds is 2. The van der Waals surface area contributed by atoms with Crippen molar-refractivity contribution in [2.24, 2.45) is 7.05 Å². The van der Waals surface area contributed by atoms with E-state index in [0.717, 1.165) is 5.69 Å². The van der Waals surface area contributed by atoms with E-state index in [0.29, 0.717) is 18.8 Å². The Morgan fingerprint density at radius 1 is 1.56 bits per heavy atom. The Hall–Kier alpha value is -1.33. The van der Waals surface area contributed by atoms with Gasteiger partial charge in [-0.3, -0.25) is 4.79 Å². The second kappa shape index (κ2) is 5.12. The van der Waals surface area contributed by atoms with Crippen LogP contribution < -0.4 is 0 Å². The fourth-order valence-corrected chi connectivity index (χ4v) is 2.19. The number of aromatic nitrogens is 1. The Balaban J connectivity index is 2.19. The molecular weight excluding hydrogens is 232 g/mol. The van der Waals surface area contributed by atoms with Gasteiger partial charge >= 0.3 is 0 Å². The molecule has 1 aliphatic rings. The summed E-state index contributed by atoms with van der Waals surface area (Å²) >= 11 is 0. The first-order valence-electron chi connectivity index (χ1n) is 6.20. The Kier molecular flexibility index (Phi) is 3.73. The third-order valence-electron chi connectivity index (χ3n) is 3.56. The summed E-state index contributed by atoms with van der Waals surface area (Å²) in [5.41, 5.74) is 1.73. The van der Waals surface area contributed by atoms with Crippen molar-refractivity contribution in [1.29, 1.82) is 0 Å². The summed E-state index contributed by atoms with van der Waals surface area (Å²) in [5.74, 6) is -0.000139. The maximum absolute atomic E-state index is 12.5. The number of hydrogen-bond donors (Lipinski definition) is 1. The Morgan fingerprint density at radius 3 is 2.83 bits per heavy atom. The molecule has 1 saturated heterocycles. The van der Waals surface area contributed by atoms with Crippen molar-refractivity contribution in [2.75, 3.05) is 19.8 Å². The lowest BCUT2D eigenvalue weighted by atomic mass is 10.2. The molecule has 1 aromatic heterocycles. The van der Waals surface area contributed by atoms with Crippen molar-refractivity contribution >= 4 is 5.91 Å². The second-order valence-corrected chi connectivity index (χ2v) is 4.86. The highest BCUT2D eigenvalue weighted by Gasteiger charge is 2.30. The van der Waals surface area contributed by atoms with Crippen molar-refractivity contribution in [1.82, 2.24) is 9.47 Å². The van der Waals surface area contributed by atoms with Crippen LogP contribution in [0.1, 0.15) is 23.1 Å². The number of aliphatic hydroxyl groups excluding tert-OH is 1. The number of amides is 1. The molecule has 1 amide bonds. The van der Waals surface area contributed by atoms with Crippen molar-refractivity contribution in [3.05, 3.63) is 23.5 Å². The maximum atomic E-state index is 12.5. The summed E-state index contributed by atoms with van der Waals surface area (Å²) in [7, 11) is 1.89. The first kappa shape index (κ1) is 13.1. The molecule has 5 nitrogen and oxygen atoms in total. The molecule has 0 unspecified atom stereocenters. The van der Waals surface area contributed by atoms with Gasteiger partial charge in [0.2, 0.25) is 0 Å². The van der Waals surface area contributed by atoms with Crippen LogP contribution in [0.3, 0.4) is 0 Å². The molecule has 0 aliphatic carbocycles. The van der Waals surface area contributed by atoms with E-state index >= 15 is 0 Å². The van der Waals surface area contributed by atoms with Gasteiger partial charge in [0.1, 0.15) is 5.69 Å². The van der Waals surface area contributed by atoms with Crippen LogP contribution in [0.2, 0.25) is 0 Å². The summed E-state index contributed by atoms with van der Waals surface area (Å²) in [6.45, 7) is 4.79. The van der Waals surface area contributed by atoms with Gasteiger partial charge in [0.15, 0.2) is 0 Å². The largest absolute Gasteiger partial charge is 0.394 e. The minimum Gasteiger partial charge on any atom is -0.394 e. The number of hydrogen-bond acceptors (Lipinski definition) is 3. The van der Waals surface area contributed by atoms with E-state index in [2.05, 4.69) is 0 Å². The van der Waals surface area contributed by atoms with Gasteiger partial charge in [0.05, 0.1) is 25.4 Å². The van der Waals surface area contributed by atoms with E-state index in [9.17, 15) is 4.79 Å². The predicted molar refractivity (Wildman–Crippen MR) is 67.5 cm³/mol. The number of aliphatic hydroxyl groups is 1. The quantitative estimate of drug-likeness (QED) is 0.836. The monoisotopic (exact) mass is 252 g/mol. The smallest absolute Gasteiger partial charge is 0.270 e. The molecule has 0 bridgehead atoms. The maximum Gasteiger partial charge on any atom is 0.270 e. The van der Waals surface area contributed by atoms with Crippen molar-refractivity contribution in [3.8, 4) is 0 Å². The van der Waals surface area contributed by atoms with E-state index in [-0.39, 0.29) is 24.7 Å². The zero-order valence-electron chi connectivity index (χ0n) is 11.1. The molecule has 0 radical (unpaired) electrons. The van der Waals surface area contributed by atoms with Gasteiger partial charge in [-0.25, -0.2) is 0 Å². The van der Waals surface area contributed by atoms with E-state index in [1.54, 1.807) is 4.90 Å². The molecule has 0 aromatic carbocycles. The molecule has 0 saturated carbocycles. The minimum absolute atomic E-state index is 0.000139. The number of nitrogens with zero attached hydrogens (tertiary/aromatic N) is 2. The highest BCUT2D eigenvalue weighted by molar-refractivity contribution is 5.93. The van der Waals surface area contributed by atoms with E-state index < -0.39 is 0 Å². The Morgan fingerprint density at radius 2 is 2.28 bits per heavy atom. The van der Waals surface area contributed by atoms with Crippen LogP contribution in [-0.2, 0) is 11.8 Å². The lowest BCUT2D eigenvalue weighted by Gasteiger charge is -2.37. The number of aryl methyl sites for hydroxylation is 1. The summed E-state index contributed by atoms with van der Waals surface area (Å²) < 4.78 is 7.33. The third-order valence-corrected chi connectivity index (χ3v) is 3.56. The SMILES string of the molecule is Cc1ccc(C(=O)N2C[C@@H](CO)OC[C@H]2C)n1C. The van der Waals surface area contributed by atoms with E-state index in [1.165, 1.54) is 0 Å². The van der Waals surface area contributed by atoms with Gasteiger partial charge in [0, 0.05) is 19.3 Å². The molecular formula is C13H20N2O3. The highest BCUT2D eigenvalue weighted by atomic mass is 16.5. The molecule has 0 spiro atoms. The van der Waals surface area contributed by atoms with Crippen molar-refractivity contribution in [3.63, 3.8) is 0 Å². The van der Waals surface area contributed by atoms with Crippen LogP contribution in [0.25, 0.3) is 0 Å². The van der Waals surface area contributed by atoms with Gasteiger partial charge in [-0.2, -0.15) is 0 Å². The van der Waals surface area contributed by atoms with Gasteiger partial charge in [-0.05, 0) is 26.0 Å². The number of carbonyl (C=O) groups excluding carboxylic acids is 1. The molecule has 1 fully saturated rings. The summed E-state index contributed by atoms with van der Waals surface area (Å²) in [6.07, 6.45) is -0.272. The molecule has 1 aliphatic heterocycles. The van der Waals surface area contributed by atoms with Crippen LogP contribution in [0.15, 0.2) is 12.1 Å². The lowest BCUT2D eigenvalue weighted by Crippen LogP contribution is -2.52. The zero-order chi connectivity index (χ0) is 13.3. The topological polar surface area (TPSA) is 54.7 Å². The fraction of sp³-hybridized carbons (Fsp3) is 0.615. The second-order valence-electron chi connectivity index (χ2n) is 4.86. The molecule has 1 aromatic rings. The normalized spacial score (nSPS) is 24.3. The lowest BCUT2D eigenvalue weighted by molar-refractivity contribution is -0.0669. The molecule has 2 heterocycles. The average molecular weight is 252 g/mol. The molecule has 100 valence electrons. The van der Waals surface area contributed by atoms with Gasteiger partial charge in [-0.1, -0.05) is 0 Å². The number of ether oxygens (including phenoxy) is 1. The van der Waals surface area contributed by atoms with Gasteiger partial charge in [-0.15, -0.1) is 0 Å². The minimum atomic E-state index is -0.272. The van der Waals surface area contributed by atoms with Crippen LogP contribution in [-0.4, -0.2) is 52.4 Å². The van der Waals surface area contributed by atoms with Crippen molar-refractivity contribution in [2.45, 2.75) is 26.0 Å². The molecule has 18 heavy (non-hydrogen) atoms. The standard InChI is InChI=1S/C13H20N2O3/c1-9-4-5-12(14(9)3)13(17)15-6-11(7-16)18-8-10(15)2/h4-5,10-11,16H,6-8H2,1-3H3/t10-,11+/m1/s1. The predicted octanol–water partition coefficient (Wildman–Crippen LogP) is 0.555. The fourth-order valence-electron chi connectivity index (χ4n) is 2.19. The summed E-state index contributed by atoms with van der Waals surface area (Å²) in [5, 5.41) is 9.14. The Labute approximate surface area is 107 Å².